The van der Waals surface area contributed by atoms with E-state index >= 15 is 0 Å². The molecule has 23 heavy (non-hydrogen) atoms. The molecule has 1 N–H and O–H groups in total. The first kappa shape index (κ1) is 15.4. The summed E-state index contributed by atoms with van der Waals surface area (Å²) in [4.78, 5) is 24.0. The van der Waals surface area contributed by atoms with Crippen molar-refractivity contribution in [1.82, 2.24) is 5.32 Å². The highest BCUT2D eigenvalue weighted by Gasteiger charge is 2.17. The van der Waals surface area contributed by atoms with Crippen molar-refractivity contribution < 1.29 is 23.8 Å². The Morgan fingerprint density at radius 3 is 2.91 bits per heavy atom. The van der Waals surface area contributed by atoms with E-state index in [1.807, 2.05) is 19.1 Å². The Morgan fingerprint density at radius 2 is 2.13 bits per heavy atom. The summed E-state index contributed by atoms with van der Waals surface area (Å²) in [6.07, 6.45) is 0. The summed E-state index contributed by atoms with van der Waals surface area (Å²) >= 11 is 1.27. The molecule has 6 nitrogen and oxygen atoms in total. The van der Waals surface area contributed by atoms with E-state index < -0.39 is 5.97 Å². The zero-order valence-corrected chi connectivity index (χ0v) is 13.2. The molecule has 120 valence electrons. The molecule has 0 aliphatic carbocycles. The van der Waals surface area contributed by atoms with E-state index in [1.54, 1.807) is 23.6 Å². The van der Waals surface area contributed by atoms with Crippen molar-refractivity contribution in [2.24, 2.45) is 0 Å². The first-order chi connectivity index (χ1) is 11.1. The van der Waals surface area contributed by atoms with Gasteiger partial charge >= 0.3 is 5.97 Å². The van der Waals surface area contributed by atoms with Gasteiger partial charge in [0.2, 0.25) is 6.79 Å². The van der Waals surface area contributed by atoms with Crippen LogP contribution in [0, 0.1) is 0 Å². The molecule has 2 aromatic rings. The summed E-state index contributed by atoms with van der Waals surface area (Å²) in [7, 11) is 0. The van der Waals surface area contributed by atoms with E-state index in [9.17, 15) is 9.59 Å². The van der Waals surface area contributed by atoms with Crippen LogP contribution in [0.25, 0.3) is 0 Å². The van der Waals surface area contributed by atoms with E-state index in [0.717, 1.165) is 5.56 Å². The Morgan fingerprint density at radius 1 is 1.30 bits per heavy atom. The third-order valence-electron chi connectivity index (χ3n) is 3.33. The molecule has 0 saturated carbocycles. The second-order valence-electron chi connectivity index (χ2n) is 4.96. The number of carbonyl (C=O) groups is 2. The zero-order valence-electron chi connectivity index (χ0n) is 12.4. The molecular weight excluding hydrogens is 318 g/mol. The van der Waals surface area contributed by atoms with Crippen LogP contribution < -0.4 is 14.8 Å². The molecule has 7 heteroatoms. The van der Waals surface area contributed by atoms with E-state index in [4.69, 9.17) is 14.2 Å². The first-order valence-electron chi connectivity index (χ1n) is 7.03. The summed E-state index contributed by atoms with van der Waals surface area (Å²) in [6, 6.07) is 8.65. The van der Waals surface area contributed by atoms with E-state index in [0.29, 0.717) is 16.4 Å². The number of ether oxygens (including phenoxy) is 3. The van der Waals surface area contributed by atoms with Crippen molar-refractivity contribution in [2.45, 2.75) is 13.0 Å². The predicted molar refractivity (Wildman–Crippen MR) is 83.7 cm³/mol. The highest BCUT2D eigenvalue weighted by molar-refractivity contribution is 7.11. The van der Waals surface area contributed by atoms with Gasteiger partial charge in [-0.05, 0) is 36.1 Å². The fourth-order valence-electron chi connectivity index (χ4n) is 2.15. The average Bonchev–Trinajstić information content (AvgIpc) is 3.22. The maximum absolute atomic E-state index is 11.9. The number of thiophene rings is 1. The quantitative estimate of drug-likeness (QED) is 0.851. The predicted octanol–water partition coefficient (Wildman–Crippen LogP) is 2.51. The summed E-state index contributed by atoms with van der Waals surface area (Å²) < 4.78 is 15.5. The minimum atomic E-state index is -0.495. The van der Waals surface area contributed by atoms with Gasteiger partial charge in [0.25, 0.3) is 5.91 Å². The lowest BCUT2D eigenvalue weighted by Gasteiger charge is -2.14. The molecule has 0 bridgehead atoms. The molecule has 0 saturated heterocycles. The molecule has 1 aliphatic rings. The van der Waals surface area contributed by atoms with Gasteiger partial charge in [-0.3, -0.25) is 4.79 Å². The van der Waals surface area contributed by atoms with Crippen LogP contribution in [0.4, 0.5) is 0 Å². The van der Waals surface area contributed by atoms with Gasteiger partial charge in [-0.15, -0.1) is 11.3 Å². The van der Waals surface area contributed by atoms with Crippen LogP contribution in [0.15, 0.2) is 35.7 Å². The topological polar surface area (TPSA) is 73.9 Å². The van der Waals surface area contributed by atoms with Crippen molar-refractivity contribution >= 4 is 23.2 Å². The third-order valence-corrected chi connectivity index (χ3v) is 4.18. The Kier molecular flexibility index (Phi) is 4.47. The molecule has 3 rings (SSSR count). The number of hydrogen-bond acceptors (Lipinski definition) is 6. The number of fused-ring (bicyclic) bond motifs is 1. The Balaban J connectivity index is 1.52. The van der Waals surface area contributed by atoms with E-state index in [2.05, 4.69) is 5.32 Å². The Hall–Kier alpha value is -2.54. The molecule has 1 aromatic heterocycles. The van der Waals surface area contributed by atoms with Gasteiger partial charge in [-0.1, -0.05) is 12.1 Å². The highest BCUT2D eigenvalue weighted by Crippen LogP contribution is 2.34. The third kappa shape index (κ3) is 3.62. The van der Waals surface area contributed by atoms with Crippen LogP contribution >= 0.6 is 11.3 Å². The molecule has 0 fully saturated rings. The number of rotatable bonds is 5. The normalized spacial score (nSPS) is 13.4. The fourth-order valence-corrected chi connectivity index (χ4v) is 2.76. The zero-order chi connectivity index (χ0) is 16.2. The molecule has 1 amide bonds. The van der Waals surface area contributed by atoms with Crippen LogP contribution in [-0.2, 0) is 9.53 Å². The number of carbonyl (C=O) groups excluding carboxylic acids is 2. The molecule has 1 aromatic carbocycles. The number of nitrogens with one attached hydrogen (secondary N) is 1. The minimum absolute atomic E-state index is 0.207. The number of hydrogen-bond donors (Lipinski definition) is 1. The molecule has 0 radical (unpaired) electrons. The van der Waals surface area contributed by atoms with Gasteiger partial charge in [0.05, 0.1) is 6.04 Å². The van der Waals surface area contributed by atoms with Gasteiger partial charge in [-0.2, -0.15) is 0 Å². The lowest BCUT2D eigenvalue weighted by molar-refractivity contribution is -0.124. The maximum Gasteiger partial charge on any atom is 0.348 e. The highest BCUT2D eigenvalue weighted by atomic mass is 32.1. The lowest BCUT2D eigenvalue weighted by Crippen LogP contribution is -2.31. The van der Waals surface area contributed by atoms with Crippen molar-refractivity contribution in [3.8, 4) is 11.5 Å². The van der Waals surface area contributed by atoms with Gasteiger partial charge in [0.15, 0.2) is 18.1 Å². The number of benzene rings is 1. The van der Waals surface area contributed by atoms with E-state index in [1.165, 1.54) is 11.3 Å². The Bertz CT molecular complexity index is 713. The van der Waals surface area contributed by atoms with Crippen LogP contribution in [-0.4, -0.2) is 25.3 Å². The second kappa shape index (κ2) is 6.70. The van der Waals surface area contributed by atoms with Gasteiger partial charge in [0, 0.05) is 0 Å². The van der Waals surface area contributed by atoms with Gasteiger partial charge in [0.1, 0.15) is 4.88 Å². The first-order valence-corrected chi connectivity index (χ1v) is 7.91. The Labute approximate surface area is 137 Å². The van der Waals surface area contributed by atoms with Crippen LogP contribution in [0.3, 0.4) is 0 Å². The number of esters is 1. The van der Waals surface area contributed by atoms with Crippen LogP contribution in [0.1, 0.15) is 28.2 Å². The maximum atomic E-state index is 11.9. The van der Waals surface area contributed by atoms with E-state index in [-0.39, 0.29) is 25.3 Å². The molecule has 1 aliphatic heterocycles. The summed E-state index contributed by atoms with van der Waals surface area (Å²) in [5.74, 6) is 0.496. The molecule has 1 atom stereocenters. The van der Waals surface area contributed by atoms with Crippen molar-refractivity contribution in [3.05, 3.63) is 46.2 Å². The number of amides is 1. The van der Waals surface area contributed by atoms with Crippen LogP contribution in [0.5, 0.6) is 11.5 Å². The monoisotopic (exact) mass is 333 g/mol. The lowest BCUT2D eigenvalue weighted by atomic mass is 10.1. The molecule has 0 spiro atoms. The summed E-state index contributed by atoms with van der Waals surface area (Å²) in [6.45, 7) is 1.74. The molecule has 0 unspecified atom stereocenters. The average molecular weight is 333 g/mol. The smallest absolute Gasteiger partial charge is 0.348 e. The van der Waals surface area contributed by atoms with Crippen molar-refractivity contribution in [2.75, 3.05) is 13.4 Å². The minimum Gasteiger partial charge on any atom is -0.454 e. The molecule has 2 heterocycles. The fraction of sp³-hybridized carbons (Fsp3) is 0.250. The van der Waals surface area contributed by atoms with Gasteiger partial charge in [-0.25, -0.2) is 4.79 Å². The van der Waals surface area contributed by atoms with Gasteiger partial charge < -0.3 is 19.5 Å². The summed E-state index contributed by atoms with van der Waals surface area (Å²) in [5.41, 5.74) is 0.882. The SMILES string of the molecule is C[C@H](NC(=O)COC(=O)c1cccs1)c1ccc2c(c1)OCO2. The van der Waals surface area contributed by atoms with Crippen molar-refractivity contribution in [3.63, 3.8) is 0 Å². The standard InChI is InChI=1S/C16H15NO5S/c1-10(11-4-5-12-13(7-11)22-9-21-12)17-15(18)8-20-16(19)14-3-2-6-23-14/h2-7,10H,8-9H2,1H3,(H,17,18)/t10-/m0/s1. The second-order valence-corrected chi connectivity index (χ2v) is 5.90. The van der Waals surface area contributed by atoms with Crippen molar-refractivity contribution in [1.29, 1.82) is 0 Å². The molecular formula is C16H15NO5S. The largest absolute Gasteiger partial charge is 0.454 e. The van der Waals surface area contributed by atoms with Crippen LogP contribution in [0.2, 0.25) is 0 Å². The summed E-state index contributed by atoms with van der Waals surface area (Å²) in [5, 5.41) is 4.56.